The lowest BCUT2D eigenvalue weighted by Crippen LogP contribution is -2.02. The third-order valence-electron chi connectivity index (χ3n) is 3.85. The molecule has 0 heterocycles. The number of hydrogen-bond acceptors (Lipinski definition) is 6. The Morgan fingerprint density at radius 3 is 1.57 bits per heavy atom. The van der Waals surface area contributed by atoms with Gasteiger partial charge in [0.1, 0.15) is 32.8 Å². The molecule has 0 aliphatic carbocycles. The van der Waals surface area contributed by atoms with Crippen molar-refractivity contribution < 1.29 is 28.8 Å². The van der Waals surface area contributed by atoms with E-state index in [4.69, 9.17) is 10.2 Å². The highest BCUT2D eigenvalue weighted by Gasteiger charge is 2.25. The van der Waals surface area contributed by atoms with Crippen LogP contribution in [-0.4, -0.2) is 28.8 Å². The van der Waals surface area contributed by atoms with Gasteiger partial charge in [0.15, 0.2) is 0 Å². The average molecular weight is 402 g/mol. The molecule has 3 rings (SSSR count). The molecule has 0 fully saturated rings. The fourth-order valence-corrected chi connectivity index (χ4v) is 3.92. The quantitative estimate of drug-likeness (QED) is 0.525. The van der Waals surface area contributed by atoms with Crippen LogP contribution < -0.4 is 0 Å². The van der Waals surface area contributed by atoms with Crippen LogP contribution in [0.1, 0.15) is 18.9 Å². The van der Waals surface area contributed by atoms with E-state index in [-0.39, 0.29) is 11.5 Å². The first-order chi connectivity index (χ1) is 13.3. The summed E-state index contributed by atoms with van der Waals surface area (Å²) in [6, 6.07) is 16.6. The van der Waals surface area contributed by atoms with Gasteiger partial charge in [0.05, 0.1) is 0 Å². The lowest BCUT2D eigenvalue weighted by molar-refractivity contribution is 0.436. The van der Waals surface area contributed by atoms with Crippen molar-refractivity contribution in [2.45, 2.75) is 29.6 Å². The van der Waals surface area contributed by atoms with Crippen molar-refractivity contribution in [3.8, 4) is 23.0 Å². The van der Waals surface area contributed by atoms with Crippen LogP contribution >= 0.6 is 0 Å². The van der Waals surface area contributed by atoms with Gasteiger partial charge in [-0.15, -0.1) is 0 Å². The van der Waals surface area contributed by atoms with E-state index in [1.54, 1.807) is 0 Å². The van der Waals surface area contributed by atoms with Crippen LogP contribution in [0.2, 0.25) is 0 Å². The first-order valence-corrected chi connectivity index (χ1v) is 10.1. The van der Waals surface area contributed by atoms with Gasteiger partial charge in [-0.2, -0.15) is 0 Å². The molecule has 6 nitrogen and oxygen atoms in total. The molecule has 148 valence electrons. The Balaban J connectivity index is 0.000000261. The van der Waals surface area contributed by atoms with Gasteiger partial charge in [-0.05, 0) is 36.2 Å². The predicted octanol–water partition coefficient (Wildman–Crippen LogP) is 3.98. The SMILES string of the molecule is CCCc1ccccc1.O=S(=O)(c1ccc(O)cc1O)c1ccc(O)cc1O. The number of hydrogen-bond donors (Lipinski definition) is 4. The summed E-state index contributed by atoms with van der Waals surface area (Å²) in [5.41, 5.74) is 1.44. The average Bonchev–Trinajstić information content (AvgIpc) is 2.63. The maximum Gasteiger partial charge on any atom is 0.213 e. The van der Waals surface area contributed by atoms with Crippen molar-refractivity contribution in [2.75, 3.05) is 0 Å². The van der Waals surface area contributed by atoms with E-state index in [0.29, 0.717) is 0 Å². The summed E-state index contributed by atoms with van der Waals surface area (Å²) in [7, 11) is -4.16. The second kappa shape index (κ2) is 9.14. The van der Waals surface area contributed by atoms with E-state index in [0.717, 1.165) is 36.4 Å². The van der Waals surface area contributed by atoms with Gasteiger partial charge in [-0.3, -0.25) is 0 Å². The van der Waals surface area contributed by atoms with E-state index in [1.165, 1.54) is 18.4 Å². The zero-order valence-corrected chi connectivity index (χ0v) is 16.1. The number of rotatable bonds is 4. The number of sulfone groups is 1. The smallest absolute Gasteiger partial charge is 0.213 e. The molecule has 7 heteroatoms. The van der Waals surface area contributed by atoms with Crippen molar-refractivity contribution in [1.29, 1.82) is 0 Å². The second-order valence-electron chi connectivity index (χ2n) is 6.04. The minimum Gasteiger partial charge on any atom is -0.508 e. The topological polar surface area (TPSA) is 115 Å². The summed E-state index contributed by atoms with van der Waals surface area (Å²) < 4.78 is 24.4. The van der Waals surface area contributed by atoms with Crippen LogP contribution in [0, 0.1) is 0 Å². The molecule has 0 amide bonds. The molecule has 3 aromatic rings. The molecule has 3 aromatic carbocycles. The maximum absolute atomic E-state index is 12.2. The predicted molar refractivity (Wildman–Crippen MR) is 105 cm³/mol. The Labute approximate surface area is 163 Å². The molecule has 4 N–H and O–H groups in total. The van der Waals surface area contributed by atoms with E-state index < -0.39 is 31.1 Å². The largest absolute Gasteiger partial charge is 0.508 e. The van der Waals surface area contributed by atoms with Gasteiger partial charge in [-0.1, -0.05) is 43.7 Å². The Morgan fingerprint density at radius 2 is 1.18 bits per heavy atom. The molecule has 0 radical (unpaired) electrons. The normalized spacial score (nSPS) is 10.8. The van der Waals surface area contributed by atoms with Crippen molar-refractivity contribution in [3.05, 3.63) is 72.3 Å². The number of phenolic OH excluding ortho intramolecular Hbond substituents is 4. The first kappa shape index (κ1) is 21.1. The van der Waals surface area contributed by atoms with Gasteiger partial charge in [-0.25, -0.2) is 8.42 Å². The molecule has 0 aromatic heterocycles. The van der Waals surface area contributed by atoms with Crippen LogP contribution in [-0.2, 0) is 16.3 Å². The molecule has 0 unspecified atom stereocenters. The summed E-state index contributed by atoms with van der Waals surface area (Å²) in [5, 5.41) is 37.4. The number of benzene rings is 3. The highest BCUT2D eigenvalue weighted by molar-refractivity contribution is 7.91. The molecule has 0 bridgehead atoms. The molecular weight excluding hydrogens is 380 g/mol. The Morgan fingerprint density at radius 1 is 0.714 bits per heavy atom. The van der Waals surface area contributed by atoms with Crippen LogP contribution in [0.25, 0.3) is 0 Å². The molecule has 0 saturated heterocycles. The summed E-state index contributed by atoms with van der Waals surface area (Å²) in [5.74, 6) is -1.84. The monoisotopic (exact) mass is 402 g/mol. The van der Waals surface area contributed by atoms with E-state index >= 15 is 0 Å². The standard InChI is InChI=1S/C12H10O6S.C9H12/c13-7-1-3-11(9(15)5-7)19(17,18)12-4-2-8(14)6-10(12)16;1-2-6-9-7-4-3-5-8-9/h1-6,13-16H;3-5,7-8H,2,6H2,1H3. The van der Waals surface area contributed by atoms with Gasteiger partial charge in [0, 0.05) is 12.1 Å². The van der Waals surface area contributed by atoms with Crippen LogP contribution in [0.4, 0.5) is 0 Å². The van der Waals surface area contributed by atoms with Gasteiger partial charge < -0.3 is 20.4 Å². The van der Waals surface area contributed by atoms with Crippen LogP contribution in [0.3, 0.4) is 0 Å². The Hall–Kier alpha value is -3.19. The first-order valence-electron chi connectivity index (χ1n) is 8.58. The van der Waals surface area contributed by atoms with Crippen molar-refractivity contribution in [3.63, 3.8) is 0 Å². The molecule has 0 spiro atoms. The van der Waals surface area contributed by atoms with Crippen LogP contribution in [0.5, 0.6) is 23.0 Å². The lowest BCUT2D eigenvalue weighted by Gasteiger charge is -2.08. The Bertz CT molecular complexity index is 973. The molecule has 0 atom stereocenters. The zero-order chi connectivity index (χ0) is 20.7. The van der Waals surface area contributed by atoms with Crippen molar-refractivity contribution in [1.82, 2.24) is 0 Å². The highest BCUT2D eigenvalue weighted by atomic mass is 32.2. The van der Waals surface area contributed by atoms with E-state index in [1.807, 2.05) is 0 Å². The molecular formula is C21H22O6S. The van der Waals surface area contributed by atoms with Crippen molar-refractivity contribution >= 4 is 9.84 Å². The molecule has 0 saturated carbocycles. The summed E-state index contributed by atoms with van der Waals surface area (Å²) in [4.78, 5) is -0.905. The fourth-order valence-electron chi connectivity index (χ4n) is 2.52. The molecule has 0 aliphatic rings. The fraction of sp³-hybridized carbons (Fsp3) is 0.143. The lowest BCUT2D eigenvalue weighted by atomic mass is 10.1. The van der Waals surface area contributed by atoms with Gasteiger partial charge in [0.25, 0.3) is 0 Å². The van der Waals surface area contributed by atoms with Gasteiger partial charge in [0.2, 0.25) is 9.84 Å². The van der Waals surface area contributed by atoms with E-state index in [2.05, 4.69) is 37.3 Å². The van der Waals surface area contributed by atoms with Gasteiger partial charge >= 0.3 is 0 Å². The minimum absolute atomic E-state index is 0.286. The second-order valence-corrected chi connectivity index (χ2v) is 7.93. The third-order valence-corrected chi connectivity index (χ3v) is 5.69. The number of phenols is 4. The minimum atomic E-state index is -4.16. The third kappa shape index (κ3) is 5.17. The Kier molecular flexibility index (Phi) is 6.89. The summed E-state index contributed by atoms with van der Waals surface area (Å²) in [6.45, 7) is 2.20. The van der Waals surface area contributed by atoms with E-state index in [9.17, 15) is 18.6 Å². The number of aromatic hydroxyl groups is 4. The summed E-state index contributed by atoms with van der Waals surface area (Å²) in [6.07, 6.45) is 2.45. The zero-order valence-electron chi connectivity index (χ0n) is 15.3. The van der Waals surface area contributed by atoms with Crippen LogP contribution in [0.15, 0.2) is 76.5 Å². The molecule has 28 heavy (non-hydrogen) atoms. The summed E-state index contributed by atoms with van der Waals surface area (Å²) >= 11 is 0. The number of aryl methyl sites for hydroxylation is 1. The highest BCUT2D eigenvalue weighted by Crippen LogP contribution is 2.36. The molecule has 0 aliphatic heterocycles. The van der Waals surface area contributed by atoms with Crippen molar-refractivity contribution in [2.24, 2.45) is 0 Å². The maximum atomic E-state index is 12.2.